The van der Waals surface area contributed by atoms with Gasteiger partial charge in [0.25, 0.3) is 0 Å². The zero-order valence-corrected chi connectivity index (χ0v) is 16.8. The number of aliphatic hydroxyl groups excluding tert-OH is 1. The van der Waals surface area contributed by atoms with Crippen LogP contribution >= 0.6 is 0 Å². The molecule has 0 saturated heterocycles. The molecule has 0 aromatic rings. The summed E-state index contributed by atoms with van der Waals surface area (Å²) in [7, 11) is 0. The third-order valence-electron chi connectivity index (χ3n) is 7.01. The number of esters is 1. The van der Waals surface area contributed by atoms with Gasteiger partial charge in [0.05, 0.1) is 6.10 Å². The first kappa shape index (κ1) is 20.7. The van der Waals surface area contributed by atoms with Crippen LogP contribution in [0.2, 0.25) is 0 Å². The molecule has 0 heterocycles. The van der Waals surface area contributed by atoms with Gasteiger partial charge in [-0.05, 0) is 75.0 Å². The monoisotopic (exact) mass is 352 g/mol. The van der Waals surface area contributed by atoms with Crippen LogP contribution in [0.15, 0.2) is 0 Å². The molecule has 2 aliphatic carbocycles. The van der Waals surface area contributed by atoms with E-state index in [-0.39, 0.29) is 18.2 Å². The highest BCUT2D eigenvalue weighted by Gasteiger charge is 2.40. The summed E-state index contributed by atoms with van der Waals surface area (Å²) in [4.78, 5) is 12.0. The highest BCUT2D eigenvalue weighted by molar-refractivity contribution is 5.69. The lowest BCUT2D eigenvalue weighted by molar-refractivity contribution is -0.151. The van der Waals surface area contributed by atoms with E-state index >= 15 is 0 Å². The van der Waals surface area contributed by atoms with Gasteiger partial charge >= 0.3 is 5.97 Å². The maximum Gasteiger partial charge on any atom is 0.306 e. The topological polar surface area (TPSA) is 46.5 Å². The van der Waals surface area contributed by atoms with E-state index in [1.54, 1.807) is 0 Å². The number of aliphatic hydroxyl groups is 1. The fraction of sp³-hybridized carbons (Fsp3) is 0.955. The largest absolute Gasteiger partial charge is 0.462 e. The fourth-order valence-corrected chi connectivity index (χ4v) is 5.02. The normalized spacial score (nSPS) is 30.9. The smallest absolute Gasteiger partial charge is 0.306 e. The maximum atomic E-state index is 12.0. The van der Waals surface area contributed by atoms with Gasteiger partial charge in [-0.2, -0.15) is 0 Å². The van der Waals surface area contributed by atoms with Crippen molar-refractivity contribution >= 4 is 5.97 Å². The molecule has 3 nitrogen and oxygen atoms in total. The Morgan fingerprint density at radius 2 is 1.48 bits per heavy atom. The Bertz CT molecular complexity index is 388. The molecule has 0 unspecified atom stereocenters. The molecule has 0 amide bonds. The number of carbonyl (C=O) groups is 1. The van der Waals surface area contributed by atoms with Crippen molar-refractivity contribution in [3.63, 3.8) is 0 Å². The Balaban J connectivity index is 1.70. The van der Waals surface area contributed by atoms with E-state index in [9.17, 15) is 9.90 Å². The molecule has 0 bridgehead atoms. The van der Waals surface area contributed by atoms with Crippen LogP contribution in [0.4, 0.5) is 0 Å². The van der Waals surface area contributed by atoms with Gasteiger partial charge in [0.15, 0.2) is 0 Å². The molecule has 0 aromatic carbocycles. The lowest BCUT2D eigenvalue weighted by Crippen LogP contribution is -2.39. The molecule has 2 fully saturated rings. The van der Waals surface area contributed by atoms with Crippen LogP contribution in [0.25, 0.3) is 0 Å². The summed E-state index contributed by atoms with van der Waals surface area (Å²) in [5, 5.41) is 9.76. The zero-order valence-electron chi connectivity index (χ0n) is 16.8. The zero-order chi connectivity index (χ0) is 18.3. The average molecular weight is 353 g/mol. The van der Waals surface area contributed by atoms with Crippen molar-refractivity contribution in [2.45, 2.75) is 116 Å². The van der Waals surface area contributed by atoms with E-state index in [1.807, 2.05) is 0 Å². The van der Waals surface area contributed by atoms with Crippen molar-refractivity contribution in [3.05, 3.63) is 0 Å². The summed E-state index contributed by atoms with van der Waals surface area (Å²) in [5.74, 6) is 1.48. The standard InChI is InChI=1S/C22H40O3/c1-4-5-6-7-8-21(24)25-20-15-11-18(12-16-20)22(2,3)17-9-13-19(23)14-10-17/h17-20,23H,4-16H2,1-3H3. The minimum atomic E-state index is -0.0699. The van der Waals surface area contributed by atoms with Crippen LogP contribution in [0.1, 0.15) is 104 Å². The molecule has 2 saturated carbocycles. The van der Waals surface area contributed by atoms with Crippen LogP contribution in [-0.2, 0) is 9.53 Å². The Morgan fingerprint density at radius 1 is 0.920 bits per heavy atom. The molecule has 2 rings (SSSR count). The number of rotatable bonds is 8. The van der Waals surface area contributed by atoms with Crippen molar-refractivity contribution in [1.82, 2.24) is 0 Å². The van der Waals surface area contributed by atoms with E-state index in [0.717, 1.165) is 50.4 Å². The van der Waals surface area contributed by atoms with Crippen LogP contribution in [0.3, 0.4) is 0 Å². The number of hydrogen-bond donors (Lipinski definition) is 1. The molecule has 0 radical (unpaired) electrons. The molecule has 146 valence electrons. The summed E-state index contributed by atoms with van der Waals surface area (Å²) < 4.78 is 5.72. The van der Waals surface area contributed by atoms with Crippen LogP contribution < -0.4 is 0 Å². The lowest BCUT2D eigenvalue weighted by Gasteiger charge is -2.46. The Hall–Kier alpha value is -0.570. The Morgan fingerprint density at radius 3 is 2.04 bits per heavy atom. The first-order valence-corrected chi connectivity index (χ1v) is 10.8. The number of hydrogen-bond acceptors (Lipinski definition) is 3. The van der Waals surface area contributed by atoms with Crippen molar-refractivity contribution in [3.8, 4) is 0 Å². The van der Waals surface area contributed by atoms with Gasteiger partial charge in [-0.25, -0.2) is 0 Å². The first-order chi connectivity index (χ1) is 11.9. The van der Waals surface area contributed by atoms with Crippen LogP contribution in [0.5, 0.6) is 0 Å². The van der Waals surface area contributed by atoms with Crippen molar-refractivity contribution in [2.24, 2.45) is 17.3 Å². The Kier molecular flexibility index (Phi) is 8.25. The lowest BCUT2D eigenvalue weighted by atomic mass is 9.60. The molecule has 0 atom stereocenters. The second-order valence-electron chi connectivity index (χ2n) is 9.10. The van der Waals surface area contributed by atoms with Gasteiger partial charge in [-0.15, -0.1) is 0 Å². The minimum absolute atomic E-state index is 0.0140. The van der Waals surface area contributed by atoms with Gasteiger partial charge in [0.2, 0.25) is 0 Å². The average Bonchev–Trinajstić information content (AvgIpc) is 2.60. The van der Waals surface area contributed by atoms with Gasteiger partial charge in [0, 0.05) is 6.42 Å². The summed E-state index contributed by atoms with van der Waals surface area (Å²) in [6.07, 6.45) is 13.9. The van der Waals surface area contributed by atoms with E-state index in [2.05, 4.69) is 20.8 Å². The second-order valence-corrected chi connectivity index (χ2v) is 9.10. The molecule has 0 aromatic heterocycles. The molecular weight excluding hydrogens is 312 g/mol. The molecular formula is C22H40O3. The molecule has 1 N–H and O–H groups in total. The van der Waals surface area contributed by atoms with E-state index in [4.69, 9.17) is 4.74 Å². The van der Waals surface area contributed by atoms with E-state index in [1.165, 1.54) is 38.5 Å². The predicted octanol–water partition coefficient (Wildman–Crippen LogP) is 5.64. The minimum Gasteiger partial charge on any atom is -0.462 e. The molecule has 2 aliphatic rings. The van der Waals surface area contributed by atoms with Crippen LogP contribution in [0, 0.1) is 17.3 Å². The Labute approximate surface area is 154 Å². The number of ether oxygens (including phenoxy) is 1. The predicted molar refractivity (Wildman–Crippen MR) is 102 cm³/mol. The van der Waals surface area contributed by atoms with Gasteiger partial charge in [-0.3, -0.25) is 4.79 Å². The third-order valence-corrected chi connectivity index (χ3v) is 7.01. The van der Waals surface area contributed by atoms with Gasteiger partial charge in [0.1, 0.15) is 6.10 Å². The second kappa shape index (κ2) is 9.94. The van der Waals surface area contributed by atoms with Crippen LogP contribution in [-0.4, -0.2) is 23.3 Å². The third kappa shape index (κ3) is 6.27. The number of unbranched alkanes of at least 4 members (excludes halogenated alkanes) is 3. The van der Waals surface area contributed by atoms with Gasteiger partial charge < -0.3 is 9.84 Å². The first-order valence-electron chi connectivity index (χ1n) is 10.8. The summed E-state index contributed by atoms with van der Waals surface area (Å²) >= 11 is 0. The fourth-order valence-electron chi connectivity index (χ4n) is 5.02. The highest BCUT2D eigenvalue weighted by Crippen LogP contribution is 2.48. The van der Waals surface area contributed by atoms with Crippen molar-refractivity contribution < 1.29 is 14.6 Å². The summed E-state index contributed by atoms with van der Waals surface area (Å²) in [6, 6.07) is 0. The molecule has 0 spiro atoms. The van der Waals surface area contributed by atoms with E-state index in [0.29, 0.717) is 11.8 Å². The number of carbonyl (C=O) groups excluding carboxylic acids is 1. The quantitative estimate of drug-likeness (QED) is 0.454. The maximum absolute atomic E-state index is 12.0. The molecule has 3 heteroatoms. The molecule has 25 heavy (non-hydrogen) atoms. The SMILES string of the molecule is CCCCCCC(=O)OC1CCC(C(C)(C)C2CCC(O)CC2)CC1. The molecule has 0 aliphatic heterocycles. The van der Waals surface area contributed by atoms with E-state index < -0.39 is 0 Å². The van der Waals surface area contributed by atoms with Gasteiger partial charge in [-0.1, -0.05) is 40.0 Å². The van der Waals surface area contributed by atoms with Crippen molar-refractivity contribution in [2.75, 3.05) is 0 Å². The summed E-state index contributed by atoms with van der Waals surface area (Å²) in [5.41, 5.74) is 0.343. The van der Waals surface area contributed by atoms with Crippen molar-refractivity contribution in [1.29, 1.82) is 0 Å². The summed E-state index contributed by atoms with van der Waals surface area (Å²) in [6.45, 7) is 7.05. The highest BCUT2D eigenvalue weighted by atomic mass is 16.5.